The Kier molecular flexibility index (Phi) is 4.37. The summed E-state index contributed by atoms with van der Waals surface area (Å²) in [4.78, 5) is 27.4. The molecule has 3 rings (SSSR count). The van der Waals surface area contributed by atoms with E-state index in [9.17, 15) is 9.59 Å². The molecule has 0 radical (unpaired) electrons. The molecule has 23 heavy (non-hydrogen) atoms. The normalized spacial score (nSPS) is 12.3. The highest BCUT2D eigenvalue weighted by atomic mass is 16.6. The predicted molar refractivity (Wildman–Crippen MR) is 80.6 cm³/mol. The van der Waals surface area contributed by atoms with E-state index in [2.05, 4.69) is 10.3 Å². The molecule has 0 fully saturated rings. The first-order valence-electron chi connectivity index (χ1n) is 6.99. The first kappa shape index (κ1) is 14.8. The molecular formula is C16H14N2O5. The first-order chi connectivity index (χ1) is 11.2. The van der Waals surface area contributed by atoms with E-state index in [0.29, 0.717) is 36.0 Å². The number of pyridine rings is 1. The number of amides is 1. The highest BCUT2D eigenvalue weighted by molar-refractivity contribution is 5.95. The molecule has 0 atom stereocenters. The molecule has 1 aromatic carbocycles. The Morgan fingerprint density at radius 2 is 1.83 bits per heavy atom. The molecular weight excluding hydrogens is 300 g/mol. The van der Waals surface area contributed by atoms with E-state index in [0.717, 1.165) is 0 Å². The number of nitrogens with one attached hydrogen (secondary N) is 1. The van der Waals surface area contributed by atoms with Crippen molar-refractivity contribution in [3.05, 3.63) is 48.3 Å². The Hall–Kier alpha value is -3.09. The van der Waals surface area contributed by atoms with Gasteiger partial charge in [-0.2, -0.15) is 0 Å². The number of aromatic nitrogens is 1. The van der Waals surface area contributed by atoms with Crippen molar-refractivity contribution >= 4 is 17.6 Å². The number of carbonyl (C=O) groups excluding carboxylic acids is 2. The molecule has 1 N–H and O–H groups in total. The van der Waals surface area contributed by atoms with Gasteiger partial charge in [0.2, 0.25) is 0 Å². The summed E-state index contributed by atoms with van der Waals surface area (Å²) in [6, 6.07) is 8.10. The van der Waals surface area contributed by atoms with Crippen molar-refractivity contribution in [2.45, 2.75) is 0 Å². The van der Waals surface area contributed by atoms with E-state index in [4.69, 9.17) is 14.2 Å². The van der Waals surface area contributed by atoms with Crippen molar-refractivity contribution in [1.29, 1.82) is 0 Å². The Morgan fingerprint density at radius 3 is 2.61 bits per heavy atom. The third kappa shape index (κ3) is 3.76. The van der Waals surface area contributed by atoms with Crippen molar-refractivity contribution in [2.75, 3.05) is 25.1 Å². The van der Waals surface area contributed by atoms with Crippen LogP contribution < -0.4 is 14.8 Å². The maximum Gasteiger partial charge on any atom is 0.338 e. The number of nitrogens with zero attached hydrogens (tertiary/aromatic N) is 1. The van der Waals surface area contributed by atoms with Crippen LogP contribution in [0.3, 0.4) is 0 Å². The van der Waals surface area contributed by atoms with E-state index in [1.807, 2.05) is 0 Å². The second-order valence-corrected chi connectivity index (χ2v) is 4.72. The van der Waals surface area contributed by atoms with Gasteiger partial charge in [0.25, 0.3) is 5.91 Å². The molecule has 1 amide bonds. The fraction of sp³-hybridized carbons (Fsp3) is 0.188. The van der Waals surface area contributed by atoms with Gasteiger partial charge in [0.1, 0.15) is 13.2 Å². The van der Waals surface area contributed by atoms with E-state index in [-0.39, 0.29) is 6.61 Å². The summed E-state index contributed by atoms with van der Waals surface area (Å²) in [6.07, 6.45) is 2.96. The monoisotopic (exact) mass is 314 g/mol. The maximum atomic E-state index is 11.8. The fourth-order valence-electron chi connectivity index (χ4n) is 2.02. The summed E-state index contributed by atoms with van der Waals surface area (Å²) in [6.45, 7) is 0.590. The minimum atomic E-state index is -0.579. The van der Waals surface area contributed by atoms with Crippen LogP contribution in [0.5, 0.6) is 11.5 Å². The number of hydrogen-bond acceptors (Lipinski definition) is 6. The zero-order chi connectivity index (χ0) is 16.1. The Balaban J connectivity index is 1.54. The van der Waals surface area contributed by atoms with Crippen molar-refractivity contribution < 1.29 is 23.8 Å². The summed E-state index contributed by atoms with van der Waals surface area (Å²) >= 11 is 0. The van der Waals surface area contributed by atoms with Gasteiger partial charge in [-0.1, -0.05) is 0 Å². The summed E-state index contributed by atoms with van der Waals surface area (Å²) < 4.78 is 15.8. The quantitative estimate of drug-likeness (QED) is 0.864. The standard InChI is InChI=1S/C16H14N2O5/c19-15(10-23-16(20)11-3-5-17-6-4-11)18-12-1-2-13-14(9-12)22-8-7-21-13/h1-6,9H,7-8,10H2,(H,18,19). The second kappa shape index (κ2) is 6.78. The third-order valence-corrected chi connectivity index (χ3v) is 3.08. The summed E-state index contributed by atoms with van der Waals surface area (Å²) in [5.41, 5.74) is 0.881. The molecule has 7 nitrogen and oxygen atoms in total. The smallest absolute Gasteiger partial charge is 0.338 e. The second-order valence-electron chi connectivity index (χ2n) is 4.72. The zero-order valence-electron chi connectivity index (χ0n) is 12.2. The lowest BCUT2D eigenvalue weighted by Crippen LogP contribution is -2.21. The average Bonchev–Trinajstić information content (AvgIpc) is 2.60. The van der Waals surface area contributed by atoms with Gasteiger partial charge in [-0.3, -0.25) is 9.78 Å². The number of esters is 1. The Labute approximate surface area is 132 Å². The molecule has 2 aromatic rings. The molecule has 0 unspecified atom stereocenters. The highest BCUT2D eigenvalue weighted by Gasteiger charge is 2.14. The van der Waals surface area contributed by atoms with Crippen molar-refractivity contribution in [3.8, 4) is 11.5 Å². The molecule has 118 valence electrons. The van der Waals surface area contributed by atoms with Gasteiger partial charge < -0.3 is 19.5 Å². The van der Waals surface area contributed by atoms with E-state index in [1.54, 1.807) is 18.2 Å². The van der Waals surface area contributed by atoms with Crippen molar-refractivity contribution in [1.82, 2.24) is 4.98 Å². The van der Waals surface area contributed by atoms with E-state index >= 15 is 0 Å². The van der Waals surface area contributed by atoms with Crippen LogP contribution in [-0.4, -0.2) is 36.7 Å². The van der Waals surface area contributed by atoms with Crippen LogP contribution in [-0.2, 0) is 9.53 Å². The molecule has 1 aromatic heterocycles. The fourth-order valence-corrected chi connectivity index (χ4v) is 2.02. The molecule has 2 heterocycles. The van der Waals surface area contributed by atoms with Crippen molar-refractivity contribution in [3.63, 3.8) is 0 Å². The molecule has 0 aliphatic carbocycles. The van der Waals surface area contributed by atoms with Gasteiger partial charge in [0.05, 0.1) is 5.56 Å². The molecule has 1 aliphatic rings. The molecule has 7 heteroatoms. The lowest BCUT2D eigenvalue weighted by atomic mass is 10.2. The highest BCUT2D eigenvalue weighted by Crippen LogP contribution is 2.32. The van der Waals surface area contributed by atoms with Crippen LogP contribution in [0.2, 0.25) is 0 Å². The topological polar surface area (TPSA) is 86.8 Å². The lowest BCUT2D eigenvalue weighted by molar-refractivity contribution is -0.119. The molecule has 1 aliphatic heterocycles. The number of hydrogen-bond donors (Lipinski definition) is 1. The number of rotatable bonds is 4. The largest absolute Gasteiger partial charge is 0.486 e. The van der Waals surface area contributed by atoms with Crippen LogP contribution in [0.1, 0.15) is 10.4 Å². The van der Waals surface area contributed by atoms with Gasteiger partial charge in [-0.05, 0) is 24.3 Å². The summed E-state index contributed by atoms with van der Waals surface area (Å²) in [5.74, 6) is 0.190. The maximum absolute atomic E-state index is 11.8. The SMILES string of the molecule is O=C(COC(=O)c1ccncc1)Nc1ccc2c(c1)OCCO2. The number of carbonyl (C=O) groups is 2. The number of anilines is 1. The zero-order valence-corrected chi connectivity index (χ0v) is 12.2. The van der Waals surface area contributed by atoms with Crippen LogP contribution in [0.15, 0.2) is 42.7 Å². The predicted octanol–water partition coefficient (Wildman–Crippen LogP) is 1.65. The minimum absolute atomic E-state index is 0.340. The van der Waals surface area contributed by atoms with Gasteiger partial charge >= 0.3 is 5.97 Å². The van der Waals surface area contributed by atoms with E-state index < -0.39 is 11.9 Å². The van der Waals surface area contributed by atoms with Crippen LogP contribution >= 0.6 is 0 Å². The Morgan fingerprint density at radius 1 is 1.09 bits per heavy atom. The first-order valence-corrected chi connectivity index (χ1v) is 6.99. The van der Waals surface area contributed by atoms with E-state index in [1.165, 1.54) is 24.5 Å². The van der Waals surface area contributed by atoms with Gasteiger partial charge in [-0.25, -0.2) is 4.79 Å². The van der Waals surface area contributed by atoms with Crippen molar-refractivity contribution in [2.24, 2.45) is 0 Å². The van der Waals surface area contributed by atoms with Gasteiger partial charge in [0.15, 0.2) is 18.1 Å². The third-order valence-electron chi connectivity index (χ3n) is 3.08. The minimum Gasteiger partial charge on any atom is -0.486 e. The summed E-state index contributed by atoms with van der Waals surface area (Å²) in [7, 11) is 0. The van der Waals surface area contributed by atoms with Crippen LogP contribution in [0, 0.1) is 0 Å². The number of ether oxygens (including phenoxy) is 3. The average molecular weight is 314 g/mol. The van der Waals surface area contributed by atoms with Crippen LogP contribution in [0.4, 0.5) is 5.69 Å². The molecule has 0 saturated heterocycles. The molecule has 0 saturated carbocycles. The lowest BCUT2D eigenvalue weighted by Gasteiger charge is -2.19. The number of fused-ring (bicyclic) bond motifs is 1. The summed E-state index contributed by atoms with van der Waals surface area (Å²) in [5, 5.41) is 2.63. The molecule has 0 spiro atoms. The van der Waals surface area contributed by atoms with Gasteiger partial charge in [0, 0.05) is 24.1 Å². The van der Waals surface area contributed by atoms with Crippen LogP contribution in [0.25, 0.3) is 0 Å². The van der Waals surface area contributed by atoms with Gasteiger partial charge in [-0.15, -0.1) is 0 Å². The molecule has 0 bridgehead atoms. The number of benzene rings is 1. The Bertz CT molecular complexity index is 718.